The maximum atomic E-state index is 12.6. The van der Waals surface area contributed by atoms with Gasteiger partial charge in [0.25, 0.3) is 0 Å². The van der Waals surface area contributed by atoms with Crippen LogP contribution in [0.5, 0.6) is 0 Å². The highest BCUT2D eigenvalue weighted by Gasteiger charge is 2.33. The van der Waals surface area contributed by atoms with Crippen LogP contribution in [-0.2, 0) is 28.7 Å². The highest BCUT2D eigenvalue weighted by atomic mass is 16.7. The Balaban J connectivity index is 1.26. The van der Waals surface area contributed by atoms with Gasteiger partial charge in [0, 0.05) is 41.8 Å². The van der Waals surface area contributed by atoms with Crippen molar-refractivity contribution in [2.24, 2.45) is 5.16 Å². The normalized spacial score (nSPS) is 14.1. The monoisotopic (exact) mass is 800 g/mol. The summed E-state index contributed by atoms with van der Waals surface area (Å²) in [7, 11) is 0. The van der Waals surface area contributed by atoms with Gasteiger partial charge in [-0.15, -0.1) is 0 Å². The number of nitrogens with one attached hydrogen (secondary N) is 2. The van der Waals surface area contributed by atoms with E-state index in [-0.39, 0.29) is 11.9 Å². The van der Waals surface area contributed by atoms with Crippen LogP contribution >= 0.6 is 0 Å². The standard InChI is InChI=1S/C49H60N4O6/c1-6-8-9-10-11-12-13-14-15-16-33-50-43(54)31-21-35-17-23-38(24-18-35)45-46(52-47(51-45)40-25-19-36(20-26-40)22-32-44(55)57-7-2)39-29-27-37(28-30-39)41-34-42(59-53-41)48(56)58-49(3,4)5/h17-32,42H,6-16,33-34H2,1-5H3,(H,50,54)(H,51,52)/b31-21+,32-22+. The molecule has 0 bridgehead atoms. The molecule has 59 heavy (non-hydrogen) atoms. The van der Waals surface area contributed by atoms with Crippen molar-refractivity contribution >= 4 is 35.7 Å². The lowest BCUT2D eigenvalue weighted by molar-refractivity contribution is -0.166. The fourth-order valence-electron chi connectivity index (χ4n) is 6.71. The van der Waals surface area contributed by atoms with E-state index in [2.05, 4.69) is 22.4 Å². The first kappa shape index (κ1) is 44.3. The molecule has 0 spiro atoms. The number of hydrogen-bond donors (Lipinski definition) is 2. The van der Waals surface area contributed by atoms with Gasteiger partial charge in [0.05, 0.1) is 23.7 Å². The molecular formula is C49H60N4O6. The Morgan fingerprint density at radius 1 is 0.746 bits per heavy atom. The highest BCUT2D eigenvalue weighted by Crippen LogP contribution is 2.34. The minimum absolute atomic E-state index is 0.0909. The van der Waals surface area contributed by atoms with Gasteiger partial charge in [-0.25, -0.2) is 14.6 Å². The van der Waals surface area contributed by atoms with Crippen LogP contribution in [0.15, 0.2) is 90.1 Å². The van der Waals surface area contributed by atoms with Crippen molar-refractivity contribution in [2.45, 2.75) is 117 Å². The lowest BCUT2D eigenvalue weighted by Gasteiger charge is -2.20. The minimum atomic E-state index is -0.780. The fourth-order valence-corrected chi connectivity index (χ4v) is 6.71. The molecule has 0 fully saturated rings. The number of carbonyl (C=O) groups is 3. The summed E-state index contributed by atoms with van der Waals surface area (Å²) in [5, 5.41) is 7.21. The van der Waals surface area contributed by atoms with Crippen molar-refractivity contribution in [3.8, 4) is 33.9 Å². The minimum Gasteiger partial charge on any atom is -0.463 e. The summed E-state index contributed by atoms with van der Waals surface area (Å²) in [6.07, 6.45) is 18.7. The summed E-state index contributed by atoms with van der Waals surface area (Å²) in [6.45, 7) is 10.5. The highest BCUT2D eigenvalue weighted by molar-refractivity contribution is 6.04. The van der Waals surface area contributed by atoms with E-state index in [0.717, 1.165) is 57.6 Å². The second-order valence-electron chi connectivity index (χ2n) is 15.9. The summed E-state index contributed by atoms with van der Waals surface area (Å²) < 4.78 is 10.5. The van der Waals surface area contributed by atoms with Crippen LogP contribution in [0.3, 0.4) is 0 Å². The molecule has 10 heteroatoms. The van der Waals surface area contributed by atoms with Crippen molar-refractivity contribution in [1.82, 2.24) is 15.3 Å². The first-order chi connectivity index (χ1) is 28.5. The molecule has 1 unspecified atom stereocenters. The molecule has 1 atom stereocenters. The number of amides is 1. The van der Waals surface area contributed by atoms with E-state index in [4.69, 9.17) is 19.3 Å². The number of benzene rings is 3. The van der Waals surface area contributed by atoms with Gasteiger partial charge >= 0.3 is 11.9 Å². The summed E-state index contributed by atoms with van der Waals surface area (Å²) in [5.74, 6) is -0.236. The first-order valence-electron chi connectivity index (χ1n) is 21.2. The van der Waals surface area contributed by atoms with Gasteiger partial charge in [-0.3, -0.25) is 4.79 Å². The molecule has 312 valence electrons. The van der Waals surface area contributed by atoms with Gasteiger partial charge in [0.1, 0.15) is 11.4 Å². The molecule has 2 heterocycles. The second kappa shape index (κ2) is 22.4. The quantitative estimate of drug-likeness (QED) is 0.0487. The molecular weight excluding hydrogens is 741 g/mol. The maximum Gasteiger partial charge on any atom is 0.351 e. The molecule has 1 aliphatic rings. The predicted molar refractivity (Wildman–Crippen MR) is 236 cm³/mol. The van der Waals surface area contributed by atoms with E-state index in [9.17, 15) is 14.4 Å². The van der Waals surface area contributed by atoms with Crippen molar-refractivity contribution in [3.05, 3.63) is 102 Å². The van der Waals surface area contributed by atoms with Gasteiger partial charge < -0.3 is 24.6 Å². The van der Waals surface area contributed by atoms with E-state index in [0.29, 0.717) is 31.1 Å². The average Bonchev–Trinajstić information content (AvgIpc) is 3.91. The molecule has 0 aliphatic carbocycles. The number of aromatic amines is 1. The summed E-state index contributed by atoms with van der Waals surface area (Å²) in [5.41, 5.74) is 6.91. The zero-order valence-corrected chi connectivity index (χ0v) is 35.4. The molecule has 2 N–H and O–H groups in total. The third kappa shape index (κ3) is 14.2. The molecule has 10 nitrogen and oxygen atoms in total. The van der Waals surface area contributed by atoms with Crippen LogP contribution in [0, 0.1) is 0 Å². The van der Waals surface area contributed by atoms with Crippen LogP contribution in [-0.4, -0.2) is 58.4 Å². The molecule has 5 rings (SSSR count). The van der Waals surface area contributed by atoms with Crippen molar-refractivity contribution in [1.29, 1.82) is 0 Å². The van der Waals surface area contributed by atoms with Crippen molar-refractivity contribution < 1.29 is 28.7 Å². The third-order valence-corrected chi connectivity index (χ3v) is 9.87. The molecule has 0 radical (unpaired) electrons. The average molecular weight is 801 g/mol. The summed E-state index contributed by atoms with van der Waals surface area (Å²) in [6, 6.07) is 23.6. The summed E-state index contributed by atoms with van der Waals surface area (Å²) >= 11 is 0. The number of carbonyl (C=O) groups excluding carboxylic acids is 3. The van der Waals surface area contributed by atoms with Crippen LogP contribution in [0.4, 0.5) is 0 Å². The molecule has 1 aliphatic heterocycles. The maximum absolute atomic E-state index is 12.6. The zero-order valence-electron chi connectivity index (χ0n) is 35.4. The van der Waals surface area contributed by atoms with Crippen LogP contribution in [0.25, 0.3) is 46.1 Å². The SMILES string of the molecule is CCCCCCCCCCCCNC(=O)/C=C/c1ccc(-c2[nH]c(-c3ccc(/C=C/C(=O)OCC)cc3)nc2-c2ccc(C3=NOC(C(=O)OC(C)(C)C)C3)cc2)cc1. The van der Waals surface area contributed by atoms with Gasteiger partial charge in [0.2, 0.25) is 12.0 Å². The Morgan fingerprint density at radius 3 is 1.92 bits per heavy atom. The van der Waals surface area contributed by atoms with Gasteiger partial charge in [-0.1, -0.05) is 143 Å². The Bertz CT molecular complexity index is 2050. The van der Waals surface area contributed by atoms with Gasteiger partial charge in [-0.05, 0) is 63.0 Å². The topological polar surface area (TPSA) is 132 Å². The lowest BCUT2D eigenvalue weighted by Crippen LogP contribution is -2.32. The smallest absolute Gasteiger partial charge is 0.351 e. The molecule has 0 saturated carbocycles. The second-order valence-corrected chi connectivity index (χ2v) is 15.9. The van der Waals surface area contributed by atoms with E-state index < -0.39 is 17.7 Å². The van der Waals surface area contributed by atoms with Crippen molar-refractivity contribution in [2.75, 3.05) is 13.2 Å². The molecule has 0 saturated heterocycles. The van der Waals surface area contributed by atoms with Gasteiger partial charge in [0.15, 0.2) is 0 Å². The lowest BCUT2D eigenvalue weighted by atomic mass is 10.00. The number of rotatable bonds is 21. The number of imidazole rings is 1. The Kier molecular flexibility index (Phi) is 16.8. The van der Waals surface area contributed by atoms with Crippen LogP contribution in [0.1, 0.15) is 122 Å². The molecule has 1 aromatic heterocycles. The Labute approximate surface area is 349 Å². The molecule has 1 amide bonds. The van der Waals surface area contributed by atoms with Crippen LogP contribution in [0.2, 0.25) is 0 Å². The molecule has 3 aromatic carbocycles. The van der Waals surface area contributed by atoms with E-state index in [1.54, 1.807) is 19.1 Å². The largest absolute Gasteiger partial charge is 0.463 e. The van der Waals surface area contributed by atoms with E-state index >= 15 is 0 Å². The predicted octanol–water partition coefficient (Wildman–Crippen LogP) is 10.9. The number of ether oxygens (including phenoxy) is 2. The first-order valence-corrected chi connectivity index (χ1v) is 21.2. The fraction of sp³-hybridized carbons (Fsp3) is 0.408. The van der Waals surface area contributed by atoms with Crippen molar-refractivity contribution in [3.63, 3.8) is 0 Å². The van der Waals surface area contributed by atoms with Crippen LogP contribution < -0.4 is 5.32 Å². The number of hydrogen-bond acceptors (Lipinski definition) is 8. The van der Waals surface area contributed by atoms with E-state index in [1.165, 1.54) is 57.4 Å². The Hall–Kier alpha value is -5.77. The number of H-pyrrole nitrogens is 1. The Morgan fingerprint density at radius 2 is 1.31 bits per heavy atom. The van der Waals surface area contributed by atoms with E-state index in [1.807, 2.05) is 99.6 Å². The number of oxime groups is 1. The molecule has 4 aromatic rings. The number of unbranched alkanes of at least 4 members (excludes halogenated alkanes) is 9. The summed E-state index contributed by atoms with van der Waals surface area (Å²) in [4.78, 5) is 51.0. The number of aromatic nitrogens is 2. The number of nitrogens with zero attached hydrogens (tertiary/aromatic N) is 2. The third-order valence-electron chi connectivity index (χ3n) is 9.87. The number of esters is 2. The zero-order chi connectivity index (χ0) is 42.0. The van der Waals surface area contributed by atoms with Gasteiger partial charge in [-0.2, -0.15) is 0 Å².